The van der Waals surface area contributed by atoms with Crippen molar-refractivity contribution in [3.05, 3.63) is 35.4 Å². The van der Waals surface area contributed by atoms with Crippen LogP contribution in [0.2, 0.25) is 0 Å². The van der Waals surface area contributed by atoms with Crippen LogP contribution >= 0.6 is 0 Å². The molecule has 0 aliphatic heterocycles. The van der Waals surface area contributed by atoms with Crippen molar-refractivity contribution in [1.82, 2.24) is 4.90 Å². The normalized spacial score (nSPS) is 14.9. The maximum absolute atomic E-state index is 5.94. The summed E-state index contributed by atoms with van der Waals surface area (Å²) in [6.45, 7) is 8.33. The molecule has 1 aromatic carbocycles. The summed E-state index contributed by atoms with van der Waals surface area (Å²) in [4.78, 5) is 2.39. The van der Waals surface area contributed by atoms with Gasteiger partial charge in [0.1, 0.15) is 0 Å². The molecule has 2 N–H and O–H groups in total. The third-order valence-electron chi connectivity index (χ3n) is 3.82. The van der Waals surface area contributed by atoms with Crippen LogP contribution in [-0.2, 0) is 6.54 Å². The topological polar surface area (TPSA) is 29.3 Å². The molecule has 0 amide bonds. The lowest BCUT2D eigenvalue weighted by Crippen LogP contribution is -2.49. The molecule has 0 radical (unpaired) electrons. The molecule has 1 unspecified atom stereocenters. The van der Waals surface area contributed by atoms with Gasteiger partial charge in [0.05, 0.1) is 0 Å². The summed E-state index contributed by atoms with van der Waals surface area (Å²) in [6, 6.07) is 8.57. The van der Waals surface area contributed by atoms with E-state index in [0.717, 1.165) is 13.0 Å². The number of rotatable bonds is 6. The minimum Gasteiger partial charge on any atom is -0.329 e. The Bertz CT molecular complexity index is 349. The van der Waals surface area contributed by atoms with Gasteiger partial charge in [0, 0.05) is 18.6 Å². The fourth-order valence-electron chi connectivity index (χ4n) is 2.22. The van der Waals surface area contributed by atoms with Crippen LogP contribution in [0.1, 0.15) is 37.8 Å². The van der Waals surface area contributed by atoms with E-state index in [-0.39, 0.29) is 5.54 Å². The number of nitrogens with zero attached hydrogens (tertiary/aromatic N) is 1. The predicted molar refractivity (Wildman–Crippen MR) is 75.0 cm³/mol. The molecule has 0 saturated carbocycles. The Morgan fingerprint density at radius 2 is 1.94 bits per heavy atom. The second-order valence-electron chi connectivity index (χ2n) is 5.23. The van der Waals surface area contributed by atoms with Crippen LogP contribution in [0.4, 0.5) is 0 Å². The van der Waals surface area contributed by atoms with Crippen molar-refractivity contribution in [3.8, 4) is 0 Å². The van der Waals surface area contributed by atoms with Gasteiger partial charge in [-0.05, 0) is 38.4 Å². The number of nitrogens with two attached hydrogens (primary N) is 1. The number of hydrogen-bond donors (Lipinski definition) is 1. The Kier molecular flexibility index (Phi) is 5.16. The Hall–Kier alpha value is -0.860. The van der Waals surface area contributed by atoms with Gasteiger partial charge in [-0.15, -0.1) is 0 Å². The largest absolute Gasteiger partial charge is 0.329 e. The van der Waals surface area contributed by atoms with Crippen LogP contribution in [0.3, 0.4) is 0 Å². The van der Waals surface area contributed by atoms with E-state index < -0.39 is 0 Å². The molecule has 0 aromatic heterocycles. The highest BCUT2D eigenvalue weighted by Crippen LogP contribution is 2.21. The highest BCUT2D eigenvalue weighted by molar-refractivity contribution is 5.25. The third kappa shape index (κ3) is 3.55. The van der Waals surface area contributed by atoms with E-state index >= 15 is 0 Å². The molecule has 0 saturated heterocycles. The van der Waals surface area contributed by atoms with E-state index in [9.17, 15) is 0 Å². The maximum Gasteiger partial charge on any atom is 0.0304 e. The molecule has 1 rings (SSSR count). The zero-order valence-electron chi connectivity index (χ0n) is 11.7. The fourth-order valence-corrected chi connectivity index (χ4v) is 2.22. The van der Waals surface area contributed by atoms with E-state index in [0.29, 0.717) is 6.54 Å². The molecule has 17 heavy (non-hydrogen) atoms. The van der Waals surface area contributed by atoms with Gasteiger partial charge < -0.3 is 5.73 Å². The zero-order valence-corrected chi connectivity index (χ0v) is 11.7. The van der Waals surface area contributed by atoms with Gasteiger partial charge in [0.25, 0.3) is 0 Å². The van der Waals surface area contributed by atoms with Crippen LogP contribution in [0.15, 0.2) is 24.3 Å². The molecule has 0 aliphatic carbocycles. The Balaban J connectivity index is 2.77. The molecule has 2 heteroatoms. The van der Waals surface area contributed by atoms with Crippen LogP contribution in [0, 0.1) is 6.92 Å². The Labute approximate surface area is 106 Å². The zero-order chi connectivity index (χ0) is 12.9. The fraction of sp³-hybridized carbons (Fsp3) is 0.600. The molecule has 0 heterocycles. The van der Waals surface area contributed by atoms with Crippen molar-refractivity contribution in [3.63, 3.8) is 0 Å². The number of hydrogen-bond acceptors (Lipinski definition) is 2. The summed E-state index contributed by atoms with van der Waals surface area (Å²) in [5.74, 6) is 0. The lowest BCUT2D eigenvalue weighted by Gasteiger charge is -2.38. The first-order valence-corrected chi connectivity index (χ1v) is 6.49. The summed E-state index contributed by atoms with van der Waals surface area (Å²) < 4.78 is 0. The first-order valence-electron chi connectivity index (χ1n) is 6.49. The van der Waals surface area contributed by atoms with Crippen molar-refractivity contribution < 1.29 is 0 Å². The molecule has 2 nitrogen and oxygen atoms in total. The molecular formula is C15H26N2. The van der Waals surface area contributed by atoms with Crippen molar-refractivity contribution in [1.29, 1.82) is 0 Å². The predicted octanol–water partition coefficient (Wildman–Crippen LogP) is 2.94. The number of aryl methyl sites for hydroxylation is 1. The molecule has 0 bridgehead atoms. The van der Waals surface area contributed by atoms with Crippen LogP contribution < -0.4 is 5.73 Å². The first kappa shape index (κ1) is 14.2. The van der Waals surface area contributed by atoms with Gasteiger partial charge in [0.2, 0.25) is 0 Å². The van der Waals surface area contributed by atoms with E-state index in [1.54, 1.807) is 0 Å². The van der Waals surface area contributed by atoms with Gasteiger partial charge in [-0.25, -0.2) is 0 Å². The molecule has 0 aliphatic rings. The average molecular weight is 234 g/mol. The van der Waals surface area contributed by atoms with E-state index in [4.69, 9.17) is 5.73 Å². The van der Waals surface area contributed by atoms with Gasteiger partial charge in [-0.1, -0.05) is 37.6 Å². The van der Waals surface area contributed by atoms with Gasteiger partial charge in [-0.3, -0.25) is 4.90 Å². The molecule has 0 fully saturated rings. The van der Waals surface area contributed by atoms with Crippen molar-refractivity contribution in [2.45, 2.75) is 45.7 Å². The molecular weight excluding hydrogens is 208 g/mol. The first-order chi connectivity index (χ1) is 8.03. The second-order valence-corrected chi connectivity index (χ2v) is 5.23. The third-order valence-corrected chi connectivity index (χ3v) is 3.82. The summed E-state index contributed by atoms with van der Waals surface area (Å²) in [5, 5.41) is 0. The Morgan fingerprint density at radius 1 is 1.29 bits per heavy atom. The van der Waals surface area contributed by atoms with Crippen LogP contribution in [-0.4, -0.2) is 24.0 Å². The maximum atomic E-state index is 5.94. The SMILES string of the molecule is CCCC(C)(CN)N(C)Cc1ccccc1C. The van der Waals surface area contributed by atoms with E-state index in [1.165, 1.54) is 17.5 Å². The minimum absolute atomic E-state index is 0.108. The van der Waals surface area contributed by atoms with Gasteiger partial charge in [0.15, 0.2) is 0 Å². The van der Waals surface area contributed by atoms with Crippen molar-refractivity contribution >= 4 is 0 Å². The minimum atomic E-state index is 0.108. The molecule has 96 valence electrons. The van der Waals surface area contributed by atoms with Gasteiger partial charge >= 0.3 is 0 Å². The monoisotopic (exact) mass is 234 g/mol. The summed E-state index contributed by atoms with van der Waals surface area (Å²) >= 11 is 0. The smallest absolute Gasteiger partial charge is 0.0304 e. The molecule has 1 atom stereocenters. The van der Waals surface area contributed by atoms with Crippen molar-refractivity contribution in [2.75, 3.05) is 13.6 Å². The lowest BCUT2D eigenvalue weighted by molar-refractivity contribution is 0.125. The molecule has 1 aromatic rings. The van der Waals surface area contributed by atoms with Crippen LogP contribution in [0.25, 0.3) is 0 Å². The number of benzene rings is 1. The van der Waals surface area contributed by atoms with Gasteiger partial charge in [-0.2, -0.15) is 0 Å². The molecule has 0 spiro atoms. The standard InChI is InChI=1S/C15H26N2/c1-5-10-15(3,12-16)17(4)11-14-9-7-6-8-13(14)2/h6-9H,5,10-12,16H2,1-4H3. The summed E-state index contributed by atoms with van der Waals surface area (Å²) in [6.07, 6.45) is 2.32. The van der Waals surface area contributed by atoms with E-state index in [1.807, 2.05) is 0 Å². The Morgan fingerprint density at radius 3 is 2.47 bits per heavy atom. The quantitative estimate of drug-likeness (QED) is 0.820. The van der Waals surface area contributed by atoms with E-state index in [2.05, 4.69) is 57.0 Å². The average Bonchev–Trinajstić information content (AvgIpc) is 2.32. The number of likely N-dealkylation sites (N-methyl/N-ethyl adjacent to an activating group) is 1. The second kappa shape index (κ2) is 6.18. The highest BCUT2D eigenvalue weighted by atomic mass is 15.2. The van der Waals surface area contributed by atoms with Crippen LogP contribution in [0.5, 0.6) is 0 Å². The summed E-state index contributed by atoms with van der Waals surface area (Å²) in [7, 11) is 2.18. The summed E-state index contributed by atoms with van der Waals surface area (Å²) in [5.41, 5.74) is 8.80. The van der Waals surface area contributed by atoms with Crippen molar-refractivity contribution in [2.24, 2.45) is 5.73 Å². The highest BCUT2D eigenvalue weighted by Gasteiger charge is 2.26. The lowest BCUT2D eigenvalue weighted by atomic mass is 9.93.